The van der Waals surface area contributed by atoms with Gasteiger partial charge in [0.15, 0.2) is 0 Å². The van der Waals surface area contributed by atoms with Crippen LogP contribution in [0.4, 0.5) is 0 Å². The first-order chi connectivity index (χ1) is 6.24. The monoisotopic (exact) mass is 201 g/mol. The van der Waals surface area contributed by atoms with E-state index in [9.17, 15) is 4.79 Å². The molecule has 0 aliphatic carbocycles. The Hall–Kier alpha value is -0.800. The average Bonchev–Trinajstić information content (AvgIpc) is 2.09. The molecule has 1 rings (SSSR count). The van der Waals surface area contributed by atoms with Crippen molar-refractivity contribution in [1.29, 1.82) is 0 Å². The minimum absolute atomic E-state index is 0.0661. The molecule has 0 radical (unpaired) electrons. The van der Waals surface area contributed by atoms with E-state index < -0.39 is 0 Å². The van der Waals surface area contributed by atoms with Crippen LogP contribution in [-0.2, 0) is 11.3 Å². The summed E-state index contributed by atoms with van der Waals surface area (Å²) in [6.45, 7) is 1.33. The van der Waals surface area contributed by atoms with E-state index in [1.165, 1.54) is 6.07 Å². The Bertz CT molecular complexity index is 322. The van der Waals surface area contributed by atoms with E-state index >= 15 is 0 Å². The van der Waals surface area contributed by atoms with Crippen LogP contribution in [0.5, 0.6) is 0 Å². The molecule has 1 heterocycles. The van der Waals surface area contributed by atoms with Crippen molar-refractivity contribution in [2.75, 3.05) is 13.7 Å². The first kappa shape index (κ1) is 10.3. The van der Waals surface area contributed by atoms with E-state index in [0.717, 1.165) is 6.42 Å². The number of nitrogens with zero attached hydrogens (tertiary/aromatic N) is 1. The third-order valence-electron chi connectivity index (χ3n) is 1.71. The SMILES string of the molecule is COCCCn1ccc(Cl)cc1=O. The van der Waals surface area contributed by atoms with Crippen LogP contribution in [0, 0.1) is 0 Å². The molecular weight excluding hydrogens is 190 g/mol. The van der Waals surface area contributed by atoms with Gasteiger partial charge in [-0.2, -0.15) is 0 Å². The Morgan fingerprint density at radius 1 is 1.62 bits per heavy atom. The van der Waals surface area contributed by atoms with Crippen molar-refractivity contribution in [3.8, 4) is 0 Å². The number of pyridine rings is 1. The number of rotatable bonds is 4. The van der Waals surface area contributed by atoms with Crippen molar-refractivity contribution >= 4 is 11.6 Å². The standard InChI is InChI=1S/C9H12ClNO2/c1-13-6-2-4-11-5-3-8(10)7-9(11)12/h3,5,7H,2,4,6H2,1H3. The first-order valence-corrected chi connectivity index (χ1v) is 4.47. The predicted octanol–water partition coefficient (Wildman–Crippen LogP) is 1.54. The fraction of sp³-hybridized carbons (Fsp3) is 0.444. The Balaban J connectivity index is 2.62. The molecule has 0 spiro atoms. The summed E-state index contributed by atoms with van der Waals surface area (Å²) in [4.78, 5) is 11.3. The molecule has 0 fully saturated rings. The van der Waals surface area contributed by atoms with Crippen LogP contribution in [0.25, 0.3) is 0 Å². The quantitative estimate of drug-likeness (QED) is 0.692. The molecule has 72 valence electrons. The third kappa shape index (κ3) is 3.20. The van der Waals surface area contributed by atoms with Crippen LogP contribution in [0.1, 0.15) is 6.42 Å². The van der Waals surface area contributed by atoms with Crippen molar-refractivity contribution in [2.45, 2.75) is 13.0 Å². The van der Waals surface area contributed by atoms with Gasteiger partial charge in [-0.05, 0) is 12.5 Å². The lowest BCUT2D eigenvalue weighted by atomic mass is 10.4. The lowest BCUT2D eigenvalue weighted by Crippen LogP contribution is -2.18. The highest BCUT2D eigenvalue weighted by atomic mass is 35.5. The zero-order valence-corrected chi connectivity index (χ0v) is 8.25. The van der Waals surface area contributed by atoms with Crippen LogP contribution < -0.4 is 5.56 Å². The second kappa shape index (κ2) is 5.04. The lowest BCUT2D eigenvalue weighted by molar-refractivity contribution is 0.190. The van der Waals surface area contributed by atoms with Crippen molar-refractivity contribution in [3.63, 3.8) is 0 Å². The van der Waals surface area contributed by atoms with E-state index in [0.29, 0.717) is 18.2 Å². The zero-order chi connectivity index (χ0) is 9.68. The molecule has 0 aliphatic rings. The van der Waals surface area contributed by atoms with Crippen LogP contribution >= 0.6 is 11.6 Å². The molecule has 0 N–H and O–H groups in total. The van der Waals surface area contributed by atoms with Crippen molar-refractivity contribution in [1.82, 2.24) is 4.57 Å². The summed E-state index contributed by atoms with van der Waals surface area (Å²) in [7, 11) is 1.64. The molecule has 0 unspecified atom stereocenters. The van der Waals surface area contributed by atoms with Gasteiger partial charge in [-0.25, -0.2) is 0 Å². The number of aryl methyl sites for hydroxylation is 1. The van der Waals surface area contributed by atoms with E-state index in [1.54, 1.807) is 23.9 Å². The van der Waals surface area contributed by atoms with E-state index in [1.807, 2.05) is 0 Å². The van der Waals surface area contributed by atoms with Crippen molar-refractivity contribution < 1.29 is 4.74 Å². The van der Waals surface area contributed by atoms with Crippen LogP contribution in [0.2, 0.25) is 5.02 Å². The largest absolute Gasteiger partial charge is 0.385 e. The molecule has 0 amide bonds. The maximum Gasteiger partial charge on any atom is 0.251 e. The number of hydrogen-bond donors (Lipinski definition) is 0. The van der Waals surface area contributed by atoms with Crippen molar-refractivity contribution in [2.24, 2.45) is 0 Å². The number of aromatic nitrogens is 1. The zero-order valence-electron chi connectivity index (χ0n) is 7.50. The minimum Gasteiger partial charge on any atom is -0.385 e. The van der Waals surface area contributed by atoms with Crippen LogP contribution in [0.15, 0.2) is 23.1 Å². The smallest absolute Gasteiger partial charge is 0.251 e. The molecule has 1 aromatic rings. The molecule has 13 heavy (non-hydrogen) atoms. The fourth-order valence-corrected chi connectivity index (χ4v) is 1.20. The van der Waals surface area contributed by atoms with E-state index in [2.05, 4.69) is 0 Å². The summed E-state index contributed by atoms with van der Waals surface area (Å²) in [6, 6.07) is 3.12. The maximum atomic E-state index is 11.3. The molecule has 0 saturated heterocycles. The molecule has 1 aromatic heterocycles. The van der Waals surface area contributed by atoms with Gasteiger partial charge < -0.3 is 9.30 Å². The first-order valence-electron chi connectivity index (χ1n) is 4.09. The third-order valence-corrected chi connectivity index (χ3v) is 1.94. The second-order valence-corrected chi connectivity index (χ2v) is 3.16. The molecule has 0 aliphatic heterocycles. The van der Waals surface area contributed by atoms with Gasteiger partial charge in [-0.15, -0.1) is 0 Å². The summed E-state index contributed by atoms with van der Waals surface area (Å²) in [6.07, 6.45) is 2.53. The van der Waals surface area contributed by atoms with Crippen molar-refractivity contribution in [3.05, 3.63) is 33.7 Å². The maximum absolute atomic E-state index is 11.3. The molecule has 0 aromatic carbocycles. The Morgan fingerprint density at radius 3 is 3.00 bits per heavy atom. The molecule has 0 atom stereocenters. The van der Waals surface area contributed by atoms with E-state index in [-0.39, 0.29) is 5.56 Å². The molecule has 0 bridgehead atoms. The molecule has 0 saturated carbocycles. The number of hydrogen-bond acceptors (Lipinski definition) is 2. The van der Waals surface area contributed by atoms with Gasteiger partial charge in [-0.3, -0.25) is 4.79 Å². The van der Waals surface area contributed by atoms with Gasteiger partial charge in [-0.1, -0.05) is 11.6 Å². The highest BCUT2D eigenvalue weighted by molar-refractivity contribution is 6.30. The average molecular weight is 202 g/mol. The van der Waals surface area contributed by atoms with Crippen LogP contribution in [-0.4, -0.2) is 18.3 Å². The Labute approximate surface area is 81.9 Å². The van der Waals surface area contributed by atoms with Gasteiger partial charge in [0, 0.05) is 37.5 Å². The number of methoxy groups -OCH3 is 1. The number of halogens is 1. The van der Waals surface area contributed by atoms with Gasteiger partial charge in [0.1, 0.15) is 0 Å². The predicted molar refractivity (Wildman–Crippen MR) is 52.2 cm³/mol. The Morgan fingerprint density at radius 2 is 2.38 bits per heavy atom. The second-order valence-electron chi connectivity index (χ2n) is 2.72. The summed E-state index contributed by atoms with van der Waals surface area (Å²) in [5, 5.41) is 0.480. The molecule has 4 heteroatoms. The summed E-state index contributed by atoms with van der Waals surface area (Å²) in [5.41, 5.74) is -0.0661. The summed E-state index contributed by atoms with van der Waals surface area (Å²) < 4.78 is 6.50. The van der Waals surface area contributed by atoms with Gasteiger partial charge >= 0.3 is 0 Å². The number of ether oxygens (including phenoxy) is 1. The highest BCUT2D eigenvalue weighted by Gasteiger charge is 1.95. The Kier molecular flexibility index (Phi) is 3.99. The van der Waals surface area contributed by atoms with Gasteiger partial charge in [0.25, 0.3) is 5.56 Å². The van der Waals surface area contributed by atoms with Crippen LogP contribution in [0.3, 0.4) is 0 Å². The molecular formula is C9H12ClNO2. The van der Waals surface area contributed by atoms with E-state index in [4.69, 9.17) is 16.3 Å². The normalized spacial score (nSPS) is 10.3. The summed E-state index contributed by atoms with van der Waals surface area (Å²) >= 11 is 5.64. The van der Waals surface area contributed by atoms with Gasteiger partial charge in [0.2, 0.25) is 0 Å². The fourth-order valence-electron chi connectivity index (χ4n) is 1.05. The molecule has 3 nitrogen and oxygen atoms in total. The van der Waals surface area contributed by atoms with Gasteiger partial charge in [0.05, 0.1) is 0 Å². The summed E-state index contributed by atoms with van der Waals surface area (Å²) in [5.74, 6) is 0. The highest BCUT2D eigenvalue weighted by Crippen LogP contribution is 2.02. The lowest BCUT2D eigenvalue weighted by Gasteiger charge is -2.03. The topological polar surface area (TPSA) is 31.2 Å². The minimum atomic E-state index is -0.0661.